The highest BCUT2D eigenvalue weighted by molar-refractivity contribution is 5.97. The molecule has 0 radical (unpaired) electrons. The molecule has 98 valence electrons. The second kappa shape index (κ2) is 6.16. The summed E-state index contributed by atoms with van der Waals surface area (Å²) in [5, 5.41) is 5.48. The maximum Gasteiger partial charge on any atom is 0.251 e. The zero-order chi connectivity index (χ0) is 13.7. The molecule has 4 N–H and O–H groups in total. The predicted molar refractivity (Wildman–Crippen MR) is 71.5 cm³/mol. The number of nitrogens with two attached hydrogens (primary N) is 1. The number of aryl methyl sites for hydroxylation is 1. The van der Waals surface area contributed by atoms with Gasteiger partial charge in [0, 0.05) is 17.3 Å². The quantitative estimate of drug-likeness (QED) is 0.745. The molecule has 0 atom stereocenters. The minimum absolute atomic E-state index is 0.0605. The monoisotopic (exact) mass is 249 g/mol. The maximum absolute atomic E-state index is 11.8. The highest BCUT2D eigenvalue weighted by atomic mass is 16.2. The van der Waals surface area contributed by atoms with Crippen LogP contribution in [-0.2, 0) is 4.79 Å². The van der Waals surface area contributed by atoms with Gasteiger partial charge in [-0.2, -0.15) is 0 Å². The van der Waals surface area contributed by atoms with Gasteiger partial charge in [-0.25, -0.2) is 0 Å². The molecule has 0 saturated carbocycles. The molecular weight excluding hydrogens is 230 g/mol. The van der Waals surface area contributed by atoms with E-state index in [9.17, 15) is 9.59 Å². The van der Waals surface area contributed by atoms with Crippen LogP contribution >= 0.6 is 0 Å². The first kappa shape index (κ1) is 14.2. The van der Waals surface area contributed by atoms with Crippen molar-refractivity contribution in [3.8, 4) is 0 Å². The Morgan fingerprint density at radius 1 is 1.33 bits per heavy atom. The first-order valence-corrected chi connectivity index (χ1v) is 5.85. The minimum atomic E-state index is -0.252. The van der Waals surface area contributed by atoms with E-state index in [4.69, 9.17) is 5.73 Å². The lowest BCUT2D eigenvalue weighted by Gasteiger charge is -2.11. The van der Waals surface area contributed by atoms with Crippen LogP contribution in [0.3, 0.4) is 0 Å². The summed E-state index contributed by atoms with van der Waals surface area (Å²) in [4.78, 5) is 23.0. The van der Waals surface area contributed by atoms with Crippen molar-refractivity contribution in [2.75, 3.05) is 11.9 Å². The smallest absolute Gasteiger partial charge is 0.251 e. The van der Waals surface area contributed by atoms with Crippen LogP contribution in [0.2, 0.25) is 0 Å². The summed E-state index contributed by atoms with van der Waals surface area (Å²) in [6.45, 7) is 5.58. The number of hydrogen-bond donors (Lipinski definition) is 3. The van der Waals surface area contributed by atoms with Crippen molar-refractivity contribution in [3.63, 3.8) is 0 Å². The maximum atomic E-state index is 11.8. The fourth-order valence-electron chi connectivity index (χ4n) is 1.49. The van der Waals surface area contributed by atoms with Gasteiger partial charge in [0.25, 0.3) is 5.91 Å². The van der Waals surface area contributed by atoms with Crippen LogP contribution < -0.4 is 16.4 Å². The van der Waals surface area contributed by atoms with Crippen LogP contribution in [-0.4, -0.2) is 24.4 Å². The Bertz CT molecular complexity index is 456. The average molecular weight is 249 g/mol. The van der Waals surface area contributed by atoms with Crippen LogP contribution in [0.15, 0.2) is 18.2 Å². The van der Waals surface area contributed by atoms with Crippen molar-refractivity contribution in [3.05, 3.63) is 29.3 Å². The molecule has 0 heterocycles. The molecule has 0 aliphatic rings. The number of benzene rings is 1. The Morgan fingerprint density at radius 3 is 2.50 bits per heavy atom. The Labute approximate surface area is 107 Å². The van der Waals surface area contributed by atoms with Crippen molar-refractivity contribution < 1.29 is 9.59 Å². The fourth-order valence-corrected chi connectivity index (χ4v) is 1.49. The zero-order valence-electron chi connectivity index (χ0n) is 10.9. The van der Waals surface area contributed by atoms with Crippen LogP contribution in [0, 0.1) is 6.92 Å². The summed E-state index contributed by atoms with van der Waals surface area (Å²) in [5.41, 5.74) is 7.30. The Balaban J connectivity index is 2.85. The van der Waals surface area contributed by atoms with E-state index in [2.05, 4.69) is 10.6 Å². The number of carbonyl (C=O) groups excluding carboxylic acids is 2. The van der Waals surface area contributed by atoms with Crippen LogP contribution in [0.25, 0.3) is 0 Å². The van der Waals surface area contributed by atoms with Gasteiger partial charge in [0.2, 0.25) is 5.91 Å². The molecule has 0 saturated heterocycles. The fraction of sp³-hybridized carbons (Fsp3) is 0.385. The third-order valence-electron chi connectivity index (χ3n) is 2.37. The van der Waals surface area contributed by atoms with E-state index in [0.717, 1.165) is 5.56 Å². The molecule has 1 aromatic rings. The summed E-state index contributed by atoms with van der Waals surface area (Å²) >= 11 is 0. The number of carbonyl (C=O) groups is 2. The Hall–Kier alpha value is -1.88. The van der Waals surface area contributed by atoms with Crippen LogP contribution in [0.1, 0.15) is 29.8 Å². The lowest BCUT2D eigenvalue weighted by molar-refractivity contribution is -0.114. The Kier molecular flexibility index (Phi) is 4.85. The van der Waals surface area contributed by atoms with Gasteiger partial charge in [-0.15, -0.1) is 0 Å². The van der Waals surface area contributed by atoms with Gasteiger partial charge in [-0.1, -0.05) is 0 Å². The molecule has 0 unspecified atom stereocenters. The topological polar surface area (TPSA) is 84.2 Å². The molecule has 0 aliphatic heterocycles. The predicted octanol–water partition coefficient (Wildman–Crippen LogP) is 1.03. The van der Waals surface area contributed by atoms with E-state index in [1.807, 2.05) is 20.8 Å². The third kappa shape index (κ3) is 3.85. The summed E-state index contributed by atoms with van der Waals surface area (Å²) < 4.78 is 0. The van der Waals surface area contributed by atoms with Crippen molar-refractivity contribution >= 4 is 17.5 Å². The summed E-state index contributed by atoms with van der Waals surface area (Å²) in [5.74, 6) is -0.373. The van der Waals surface area contributed by atoms with E-state index >= 15 is 0 Å². The Morgan fingerprint density at radius 2 is 2.00 bits per heavy atom. The zero-order valence-corrected chi connectivity index (χ0v) is 10.9. The SMILES string of the molecule is Cc1cc(C(=O)NC(C)C)ccc1NC(=O)CN. The van der Waals surface area contributed by atoms with Crippen LogP contribution in [0.5, 0.6) is 0 Å². The normalized spacial score (nSPS) is 10.3. The van der Waals surface area contributed by atoms with Gasteiger partial charge >= 0.3 is 0 Å². The van der Waals surface area contributed by atoms with E-state index in [-0.39, 0.29) is 24.4 Å². The van der Waals surface area contributed by atoms with Gasteiger partial charge in [-0.05, 0) is 44.5 Å². The standard InChI is InChI=1S/C13H19N3O2/c1-8(2)15-13(18)10-4-5-11(9(3)6-10)16-12(17)7-14/h4-6,8H,7,14H2,1-3H3,(H,15,18)(H,16,17). The summed E-state index contributed by atoms with van der Waals surface area (Å²) in [7, 11) is 0. The van der Waals surface area contributed by atoms with E-state index < -0.39 is 0 Å². The van der Waals surface area contributed by atoms with Gasteiger partial charge in [0.05, 0.1) is 6.54 Å². The summed E-state index contributed by atoms with van der Waals surface area (Å²) in [6, 6.07) is 5.22. The second-order valence-electron chi connectivity index (χ2n) is 4.41. The molecule has 0 aliphatic carbocycles. The number of anilines is 1. The van der Waals surface area contributed by atoms with Gasteiger partial charge in [0.1, 0.15) is 0 Å². The largest absolute Gasteiger partial charge is 0.350 e. The number of rotatable bonds is 4. The lowest BCUT2D eigenvalue weighted by atomic mass is 10.1. The number of nitrogens with one attached hydrogen (secondary N) is 2. The minimum Gasteiger partial charge on any atom is -0.350 e. The molecule has 0 bridgehead atoms. The number of hydrogen-bond acceptors (Lipinski definition) is 3. The molecular formula is C13H19N3O2. The molecule has 5 nitrogen and oxygen atoms in total. The summed E-state index contributed by atoms with van der Waals surface area (Å²) in [6.07, 6.45) is 0. The molecule has 0 spiro atoms. The third-order valence-corrected chi connectivity index (χ3v) is 2.37. The van der Waals surface area contributed by atoms with Gasteiger partial charge in [-0.3, -0.25) is 9.59 Å². The first-order chi connectivity index (χ1) is 8.43. The molecule has 1 aromatic carbocycles. The lowest BCUT2D eigenvalue weighted by Crippen LogP contribution is -2.30. The number of amides is 2. The van der Waals surface area contributed by atoms with Crippen molar-refractivity contribution in [2.24, 2.45) is 5.73 Å². The van der Waals surface area contributed by atoms with E-state index in [0.29, 0.717) is 11.3 Å². The molecule has 0 fully saturated rings. The van der Waals surface area contributed by atoms with Crippen molar-refractivity contribution in [1.82, 2.24) is 5.32 Å². The van der Waals surface area contributed by atoms with Crippen molar-refractivity contribution in [2.45, 2.75) is 26.8 Å². The average Bonchev–Trinajstić information content (AvgIpc) is 2.30. The van der Waals surface area contributed by atoms with E-state index in [1.165, 1.54) is 0 Å². The highest BCUT2D eigenvalue weighted by Gasteiger charge is 2.09. The van der Waals surface area contributed by atoms with Gasteiger partial charge < -0.3 is 16.4 Å². The highest BCUT2D eigenvalue weighted by Crippen LogP contribution is 2.16. The van der Waals surface area contributed by atoms with Crippen molar-refractivity contribution in [1.29, 1.82) is 0 Å². The molecule has 0 aromatic heterocycles. The molecule has 5 heteroatoms. The molecule has 2 amide bonds. The molecule has 1 rings (SSSR count). The first-order valence-electron chi connectivity index (χ1n) is 5.85. The molecule has 18 heavy (non-hydrogen) atoms. The second-order valence-corrected chi connectivity index (χ2v) is 4.41. The van der Waals surface area contributed by atoms with E-state index in [1.54, 1.807) is 18.2 Å². The van der Waals surface area contributed by atoms with Crippen LogP contribution in [0.4, 0.5) is 5.69 Å². The van der Waals surface area contributed by atoms with Gasteiger partial charge in [0.15, 0.2) is 0 Å².